The highest BCUT2D eigenvalue weighted by Gasteiger charge is 2.13. The lowest BCUT2D eigenvalue weighted by Crippen LogP contribution is -2.40. The van der Waals surface area contributed by atoms with Crippen molar-refractivity contribution in [1.82, 2.24) is 15.5 Å². The Labute approximate surface area is 137 Å². The summed E-state index contributed by atoms with van der Waals surface area (Å²) in [6.07, 6.45) is 2.47. The number of benzene rings is 1. The molecule has 1 unspecified atom stereocenters. The molecule has 7 nitrogen and oxygen atoms in total. The zero-order valence-corrected chi connectivity index (χ0v) is 14.1. The highest BCUT2D eigenvalue weighted by atomic mass is 32.2. The van der Waals surface area contributed by atoms with Crippen molar-refractivity contribution in [3.63, 3.8) is 0 Å². The molecular formula is C15H24N4O3S. The van der Waals surface area contributed by atoms with Gasteiger partial charge in [0, 0.05) is 13.1 Å². The van der Waals surface area contributed by atoms with Gasteiger partial charge in [-0.3, -0.25) is 0 Å². The minimum Gasteiger partial charge on any atom is -0.337 e. The molecule has 1 aliphatic heterocycles. The van der Waals surface area contributed by atoms with Crippen LogP contribution in [0.5, 0.6) is 0 Å². The molecule has 0 saturated carbocycles. The van der Waals surface area contributed by atoms with Gasteiger partial charge in [0.25, 0.3) is 0 Å². The standard InChI is InChI=1S/C15H24N4O3S/c1-12(13-4-6-14(7-5-13)23(16,21)22)18-15(20)17-8-11-19-9-2-3-10-19/h4-7,12H,2-3,8-11H2,1H3,(H2,16,21,22)(H2,17,18,20). The first-order valence-corrected chi connectivity index (χ1v) is 9.30. The van der Waals surface area contributed by atoms with Gasteiger partial charge in [0.05, 0.1) is 10.9 Å². The lowest BCUT2D eigenvalue weighted by atomic mass is 10.1. The van der Waals surface area contributed by atoms with Crippen LogP contribution in [0.25, 0.3) is 0 Å². The first kappa shape index (κ1) is 17.7. The summed E-state index contributed by atoms with van der Waals surface area (Å²) >= 11 is 0. The summed E-state index contributed by atoms with van der Waals surface area (Å²) < 4.78 is 22.4. The van der Waals surface area contributed by atoms with Crippen LogP contribution in [0.15, 0.2) is 29.2 Å². The maximum absolute atomic E-state index is 11.9. The van der Waals surface area contributed by atoms with E-state index < -0.39 is 10.0 Å². The summed E-state index contributed by atoms with van der Waals surface area (Å²) in [4.78, 5) is 14.3. The summed E-state index contributed by atoms with van der Waals surface area (Å²) in [6.45, 7) is 5.53. The average molecular weight is 340 g/mol. The van der Waals surface area contributed by atoms with E-state index in [0.717, 1.165) is 25.2 Å². The van der Waals surface area contributed by atoms with Crippen molar-refractivity contribution in [3.05, 3.63) is 29.8 Å². The molecule has 1 aromatic rings. The van der Waals surface area contributed by atoms with E-state index in [9.17, 15) is 13.2 Å². The van der Waals surface area contributed by atoms with Crippen LogP contribution in [-0.4, -0.2) is 45.5 Å². The summed E-state index contributed by atoms with van der Waals surface area (Å²) in [5, 5.41) is 10.7. The van der Waals surface area contributed by atoms with E-state index in [1.54, 1.807) is 12.1 Å². The third-order valence-electron chi connectivity index (χ3n) is 3.97. The molecule has 0 aromatic heterocycles. The van der Waals surface area contributed by atoms with Crippen molar-refractivity contribution < 1.29 is 13.2 Å². The Kier molecular flexibility index (Phi) is 5.97. The fraction of sp³-hybridized carbons (Fsp3) is 0.533. The van der Waals surface area contributed by atoms with Crippen LogP contribution in [0.4, 0.5) is 4.79 Å². The Hall–Kier alpha value is -1.64. The molecule has 2 amide bonds. The van der Waals surface area contributed by atoms with Gasteiger partial charge in [-0.25, -0.2) is 18.4 Å². The fourth-order valence-corrected chi connectivity index (χ4v) is 3.13. The number of rotatable bonds is 6. The SMILES string of the molecule is CC(NC(=O)NCCN1CCCC1)c1ccc(S(N)(=O)=O)cc1. The zero-order chi connectivity index (χ0) is 16.9. The number of carbonyl (C=O) groups is 1. The van der Waals surface area contributed by atoms with Crippen LogP contribution in [0.3, 0.4) is 0 Å². The van der Waals surface area contributed by atoms with Crippen LogP contribution in [-0.2, 0) is 10.0 Å². The topological polar surface area (TPSA) is 105 Å². The second-order valence-corrected chi connectivity index (χ2v) is 7.35. The highest BCUT2D eigenvalue weighted by Crippen LogP contribution is 2.15. The highest BCUT2D eigenvalue weighted by molar-refractivity contribution is 7.89. The Balaban J connectivity index is 1.78. The lowest BCUT2D eigenvalue weighted by molar-refractivity contribution is 0.235. The van der Waals surface area contributed by atoms with Gasteiger partial charge in [-0.15, -0.1) is 0 Å². The quantitative estimate of drug-likeness (QED) is 0.712. The van der Waals surface area contributed by atoms with Crippen molar-refractivity contribution in [3.8, 4) is 0 Å². The number of nitrogens with two attached hydrogens (primary N) is 1. The number of carbonyl (C=O) groups excluding carboxylic acids is 1. The molecule has 0 spiro atoms. The number of hydrogen-bond acceptors (Lipinski definition) is 4. The molecule has 128 valence electrons. The first-order chi connectivity index (χ1) is 10.9. The minimum absolute atomic E-state index is 0.0588. The second kappa shape index (κ2) is 7.76. The number of urea groups is 1. The van der Waals surface area contributed by atoms with Gasteiger partial charge < -0.3 is 15.5 Å². The first-order valence-electron chi connectivity index (χ1n) is 7.76. The Morgan fingerprint density at radius 3 is 2.43 bits per heavy atom. The average Bonchev–Trinajstić information content (AvgIpc) is 2.99. The lowest BCUT2D eigenvalue weighted by Gasteiger charge is -2.17. The Bertz CT molecular complexity index is 625. The van der Waals surface area contributed by atoms with Gasteiger partial charge in [-0.1, -0.05) is 12.1 Å². The molecule has 1 atom stereocenters. The zero-order valence-electron chi connectivity index (χ0n) is 13.3. The number of likely N-dealkylation sites (tertiary alicyclic amines) is 1. The van der Waals surface area contributed by atoms with E-state index in [-0.39, 0.29) is 17.0 Å². The fourth-order valence-electron chi connectivity index (χ4n) is 2.61. The minimum atomic E-state index is -3.69. The molecule has 1 fully saturated rings. The molecule has 0 radical (unpaired) electrons. The number of nitrogens with zero attached hydrogens (tertiary/aromatic N) is 1. The predicted octanol–water partition coefficient (Wildman–Crippen LogP) is 0.790. The number of sulfonamides is 1. The van der Waals surface area contributed by atoms with Crippen molar-refractivity contribution in [2.75, 3.05) is 26.2 Å². The summed E-state index contributed by atoms with van der Waals surface area (Å²) in [5.74, 6) is 0. The monoisotopic (exact) mass is 340 g/mol. The van der Waals surface area contributed by atoms with E-state index in [4.69, 9.17) is 5.14 Å². The van der Waals surface area contributed by atoms with Gasteiger partial charge in [-0.2, -0.15) is 0 Å². The summed E-state index contributed by atoms with van der Waals surface area (Å²) in [7, 11) is -3.69. The van der Waals surface area contributed by atoms with E-state index in [0.29, 0.717) is 6.54 Å². The van der Waals surface area contributed by atoms with E-state index in [1.165, 1.54) is 25.0 Å². The van der Waals surface area contributed by atoms with Crippen LogP contribution in [0.1, 0.15) is 31.4 Å². The van der Waals surface area contributed by atoms with E-state index in [1.807, 2.05) is 6.92 Å². The predicted molar refractivity (Wildman–Crippen MR) is 88.4 cm³/mol. The second-order valence-electron chi connectivity index (χ2n) is 5.78. The summed E-state index contributed by atoms with van der Waals surface area (Å²) in [6, 6.07) is 5.72. The van der Waals surface area contributed by atoms with Gasteiger partial charge >= 0.3 is 6.03 Å². The van der Waals surface area contributed by atoms with Gasteiger partial charge in [0.2, 0.25) is 10.0 Å². The Morgan fingerprint density at radius 1 is 1.26 bits per heavy atom. The van der Waals surface area contributed by atoms with E-state index >= 15 is 0 Å². The van der Waals surface area contributed by atoms with E-state index in [2.05, 4.69) is 15.5 Å². The maximum Gasteiger partial charge on any atom is 0.315 e. The van der Waals surface area contributed by atoms with Crippen LogP contribution < -0.4 is 15.8 Å². The molecule has 23 heavy (non-hydrogen) atoms. The Morgan fingerprint density at radius 2 is 1.87 bits per heavy atom. The van der Waals surface area contributed by atoms with Gasteiger partial charge in [0.15, 0.2) is 0 Å². The molecule has 1 heterocycles. The maximum atomic E-state index is 11.9. The molecule has 1 aliphatic rings. The van der Waals surface area contributed by atoms with Crippen LogP contribution in [0, 0.1) is 0 Å². The van der Waals surface area contributed by atoms with Crippen molar-refractivity contribution in [2.24, 2.45) is 5.14 Å². The number of hydrogen-bond donors (Lipinski definition) is 3. The van der Waals surface area contributed by atoms with Crippen LogP contribution in [0.2, 0.25) is 0 Å². The molecule has 4 N–H and O–H groups in total. The normalized spacial score (nSPS) is 17.0. The third kappa shape index (κ3) is 5.49. The number of amides is 2. The smallest absolute Gasteiger partial charge is 0.315 e. The van der Waals surface area contributed by atoms with Crippen molar-refractivity contribution in [1.29, 1.82) is 0 Å². The molecule has 0 aliphatic carbocycles. The number of nitrogens with one attached hydrogen (secondary N) is 2. The molecule has 8 heteroatoms. The number of primary sulfonamides is 1. The van der Waals surface area contributed by atoms with Crippen molar-refractivity contribution >= 4 is 16.1 Å². The molecular weight excluding hydrogens is 316 g/mol. The molecule has 0 bridgehead atoms. The van der Waals surface area contributed by atoms with Gasteiger partial charge in [0.1, 0.15) is 0 Å². The summed E-state index contributed by atoms with van der Waals surface area (Å²) in [5.41, 5.74) is 0.812. The van der Waals surface area contributed by atoms with Crippen molar-refractivity contribution in [2.45, 2.75) is 30.7 Å². The molecule has 1 saturated heterocycles. The third-order valence-corrected chi connectivity index (χ3v) is 4.90. The largest absolute Gasteiger partial charge is 0.337 e. The van der Waals surface area contributed by atoms with Gasteiger partial charge in [-0.05, 0) is 50.6 Å². The molecule has 2 rings (SSSR count). The van der Waals surface area contributed by atoms with Crippen LogP contribution >= 0.6 is 0 Å². The molecule has 1 aromatic carbocycles.